The van der Waals surface area contributed by atoms with Gasteiger partial charge >= 0.3 is 0 Å². The maximum Gasteiger partial charge on any atom is 0.223 e. The number of aliphatic hydroxyl groups is 1. The molecule has 122 valence electrons. The second-order valence-corrected chi connectivity index (χ2v) is 7.51. The summed E-state index contributed by atoms with van der Waals surface area (Å²) in [6.07, 6.45) is 5.02. The first-order valence-electron chi connectivity index (χ1n) is 8.12. The van der Waals surface area contributed by atoms with Crippen molar-refractivity contribution in [2.75, 3.05) is 26.0 Å². The van der Waals surface area contributed by atoms with Crippen LogP contribution in [-0.2, 0) is 10.5 Å². The molecule has 0 atom stereocenters. The Balaban J connectivity index is 1.68. The average molecular weight is 321 g/mol. The van der Waals surface area contributed by atoms with Gasteiger partial charge in [0.15, 0.2) is 0 Å². The standard InChI is InChI=1S/C18H27NO2S/c1-19(14-18(15-20)10-5-6-11-18)17(21)9-12-22-13-16-7-3-2-4-8-16/h2-4,7-8,20H,5-6,9-15H2,1H3. The zero-order valence-electron chi connectivity index (χ0n) is 13.5. The van der Waals surface area contributed by atoms with Gasteiger partial charge in [0.1, 0.15) is 0 Å². The van der Waals surface area contributed by atoms with Gasteiger partial charge in [0.2, 0.25) is 5.91 Å². The van der Waals surface area contributed by atoms with Gasteiger partial charge in [-0.1, -0.05) is 43.2 Å². The molecule has 2 rings (SSSR count). The van der Waals surface area contributed by atoms with Crippen LogP contribution in [0.5, 0.6) is 0 Å². The molecule has 1 saturated carbocycles. The topological polar surface area (TPSA) is 40.5 Å². The van der Waals surface area contributed by atoms with E-state index in [0.29, 0.717) is 13.0 Å². The number of rotatable bonds is 8. The van der Waals surface area contributed by atoms with Gasteiger partial charge in [0.05, 0.1) is 6.61 Å². The summed E-state index contributed by atoms with van der Waals surface area (Å²) in [4.78, 5) is 14.1. The van der Waals surface area contributed by atoms with Crippen LogP contribution in [0, 0.1) is 5.41 Å². The number of carbonyl (C=O) groups excluding carboxylic acids is 1. The summed E-state index contributed by atoms with van der Waals surface area (Å²) in [6.45, 7) is 0.902. The maximum absolute atomic E-state index is 12.2. The highest BCUT2D eigenvalue weighted by Crippen LogP contribution is 2.38. The third kappa shape index (κ3) is 5.03. The van der Waals surface area contributed by atoms with Crippen molar-refractivity contribution in [1.29, 1.82) is 0 Å². The van der Waals surface area contributed by atoms with Crippen molar-refractivity contribution in [3.05, 3.63) is 35.9 Å². The smallest absolute Gasteiger partial charge is 0.223 e. The molecule has 3 nitrogen and oxygen atoms in total. The van der Waals surface area contributed by atoms with E-state index >= 15 is 0 Å². The Bertz CT molecular complexity index is 457. The van der Waals surface area contributed by atoms with Crippen LogP contribution in [0.3, 0.4) is 0 Å². The Kier molecular flexibility index (Phi) is 6.77. The van der Waals surface area contributed by atoms with E-state index < -0.39 is 0 Å². The summed E-state index contributed by atoms with van der Waals surface area (Å²) >= 11 is 1.80. The molecule has 0 spiro atoms. The number of hydrogen-bond donors (Lipinski definition) is 1. The Morgan fingerprint density at radius 1 is 1.27 bits per heavy atom. The third-order valence-electron chi connectivity index (χ3n) is 4.57. The first-order valence-corrected chi connectivity index (χ1v) is 9.27. The largest absolute Gasteiger partial charge is 0.396 e. The van der Waals surface area contributed by atoms with E-state index in [4.69, 9.17) is 0 Å². The predicted molar refractivity (Wildman–Crippen MR) is 92.8 cm³/mol. The van der Waals surface area contributed by atoms with E-state index in [1.165, 1.54) is 18.4 Å². The molecule has 1 fully saturated rings. The fourth-order valence-corrected chi connectivity index (χ4v) is 4.09. The van der Waals surface area contributed by atoms with Gasteiger partial charge in [0, 0.05) is 36.9 Å². The molecule has 1 aliphatic rings. The normalized spacial score (nSPS) is 16.6. The molecule has 0 bridgehead atoms. The zero-order valence-corrected chi connectivity index (χ0v) is 14.3. The molecule has 0 heterocycles. The molecule has 4 heteroatoms. The summed E-state index contributed by atoms with van der Waals surface area (Å²) < 4.78 is 0. The molecule has 0 aliphatic heterocycles. The van der Waals surface area contributed by atoms with Crippen molar-refractivity contribution in [2.45, 2.75) is 37.9 Å². The van der Waals surface area contributed by atoms with Crippen LogP contribution in [0.15, 0.2) is 30.3 Å². The van der Waals surface area contributed by atoms with Gasteiger partial charge in [-0.05, 0) is 18.4 Å². The molecule has 0 unspecified atom stereocenters. The predicted octanol–water partition coefficient (Wildman–Crippen LogP) is 3.32. The minimum Gasteiger partial charge on any atom is -0.396 e. The molecule has 22 heavy (non-hydrogen) atoms. The lowest BCUT2D eigenvalue weighted by atomic mass is 9.86. The van der Waals surface area contributed by atoms with E-state index in [0.717, 1.165) is 24.3 Å². The van der Waals surface area contributed by atoms with Crippen LogP contribution in [0.4, 0.5) is 0 Å². The van der Waals surface area contributed by atoms with Gasteiger partial charge in [-0.3, -0.25) is 4.79 Å². The molecule has 1 amide bonds. The fourth-order valence-electron chi connectivity index (χ4n) is 3.20. The van der Waals surface area contributed by atoms with Gasteiger partial charge in [-0.2, -0.15) is 11.8 Å². The molecule has 1 N–H and O–H groups in total. The van der Waals surface area contributed by atoms with Crippen LogP contribution in [0.2, 0.25) is 0 Å². The molecule has 0 saturated heterocycles. The lowest BCUT2D eigenvalue weighted by Crippen LogP contribution is -2.39. The number of carbonyl (C=O) groups is 1. The SMILES string of the molecule is CN(CC1(CO)CCCC1)C(=O)CCSCc1ccccc1. The van der Waals surface area contributed by atoms with Crippen LogP contribution < -0.4 is 0 Å². The minimum absolute atomic E-state index is 0.0401. The van der Waals surface area contributed by atoms with Crippen molar-refractivity contribution in [2.24, 2.45) is 5.41 Å². The second-order valence-electron chi connectivity index (χ2n) is 6.40. The molecule has 0 radical (unpaired) electrons. The van der Waals surface area contributed by atoms with Crippen LogP contribution in [0.1, 0.15) is 37.7 Å². The highest BCUT2D eigenvalue weighted by atomic mass is 32.2. The molecule has 1 aliphatic carbocycles. The maximum atomic E-state index is 12.2. The first kappa shape index (κ1) is 17.4. The highest BCUT2D eigenvalue weighted by molar-refractivity contribution is 7.98. The zero-order chi connectivity index (χ0) is 15.8. The fraction of sp³-hybridized carbons (Fsp3) is 0.611. The Morgan fingerprint density at radius 2 is 1.95 bits per heavy atom. The number of hydrogen-bond acceptors (Lipinski definition) is 3. The first-order chi connectivity index (χ1) is 10.7. The molecule has 1 aromatic rings. The van der Waals surface area contributed by atoms with Gasteiger partial charge in [-0.25, -0.2) is 0 Å². The van der Waals surface area contributed by atoms with E-state index in [2.05, 4.69) is 12.1 Å². The Morgan fingerprint density at radius 3 is 2.59 bits per heavy atom. The number of amides is 1. The van der Waals surface area contributed by atoms with Crippen LogP contribution in [0.25, 0.3) is 0 Å². The molecule has 0 aromatic heterocycles. The summed E-state index contributed by atoms with van der Waals surface area (Å²) in [6, 6.07) is 10.3. The van der Waals surface area contributed by atoms with E-state index in [-0.39, 0.29) is 17.9 Å². The van der Waals surface area contributed by atoms with Gasteiger partial charge in [-0.15, -0.1) is 0 Å². The van der Waals surface area contributed by atoms with E-state index in [1.54, 1.807) is 11.8 Å². The van der Waals surface area contributed by atoms with Crippen molar-refractivity contribution in [3.8, 4) is 0 Å². The monoisotopic (exact) mass is 321 g/mol. The van der Waals surface area contributed by atoms with E-state index in [9.17, 15) is 9.90 Å². The summed E-state index contributed by atoms with van der Waals surface area (Å²) in [5, 5.41) is 9.65. The van der Waals surface area contributed by atoms with E-state index in [1.807, 2.05) is 30.1 Å². The molecule has 1 aromatic carbocycles. The number of nitrogens with zero attached hydrogens (tertiary/aromatic N) is 1. The summed E-state index contributed by atoms with van der Waals surface area (Å²) in [5.74, 6) is 2.00. The molecular formula is C18H27NO2S. The van der Waals surface area contributed by atoms with Crippen LogP contribution in [-0.4, -0.2) is 41.9 Å². The van der Waals surface area contributed by atoms with Gasteiger partial charge in [0.25, 0.3) is 0 Å². The lowest BCUT2D eigenvalue weighted by Gasteiger charge is -2.31. The second kappa shape index (κ2) is 8.59. The number of thioether (sulfide) groups is 1. The van der Waals surface area contributed by atoms with Crippen molar-refractivity contribution in [3.63, 3.8) is 0 Å². The van der Waals surface area contributed by atoms with Crippen molar-refractivity contribution in [1.82, 2.24) is 4.90 Å². The Labute approximate surface area is 138 Å². The van der Waals surface area contributed by atoms with Crippen LogP contribution >= 0.6 is 11.8 Å². The quantitative estimate of drug-likeness (QED) is 0.747. The number of aliphatic hydroxyl groups excluding tert-OH is 1. The average Bonchev–Trinajstić information content (AvgIpc) is 3.01. The van der Waals surface area contributed by atoms with Crippen molar-refractivity contribution < 1.29 is 9.90 Å². The third-order valence-corrected chi connectivity index (χ3v) is 5.60. The number of benzene rings is 1. The minimum atomic E-state index is -0.0401. The van der Waals surface area contributed by atoms with Gasteiger partial charge < -0.3 is 10.0 Å². The summed E-state index contributed by atoms with van der Waals surface area (Å²) in [7, 11) is 1.87. The lowest BCUT2D eigenvalue weighted by molar-refractivity contribution is -0.131. The van der Waals surface area contributed by atoms with Crippen molar-refractivity contribution >= 4 is 17.7 Å². The molecular weight excluding hydrogens is 294 g/mol. The highest BCUT2D eigenvalue weighted by Gasteiger charge is 2.35. The summed E-state index contributed by atoms with van der Waals surface area (Å²) in [5.41, 5.74) is 1.26. The Hall–Kier alpha value is -1.00.